The molecule has 0 aliphatic carbocycles. The van der Waals surface area contributed by atoms with E-state index >= 15 is 0 Å². The molecule has 2 N–H and O–H groups in total. The number of rotatable bonds is 2. The summed E-state index contributed by atoms with van der Waals surface area (Å²) in [5.41, 5.74) is 1.47. The van der Waals surface area contributed by atoms with Crippen LogP contribution < -0.4 is 0 Å². The lowest BCUT2D eigenvalue weighted by Crippen LogP contribution is -1.99. The Bertz CT molecular complexity index is 663. The maximum atomic E-state index is 11.8. The van der Waals surface area contributed by atoms with Crippen LogP contribution in [0, 0.1) is 0 Å². The molecule has 0 unspecified atom stereocenters. The Labute approximate surface area is 129 Å². The number of benzene rings is 3. The first-order valence-electron chi connectivity index (χ1n) is 6.79. The second-order valence-electron chi connectivity index (χ2n) is 4.58. The van der Waals surface area contributed by atoms with Crippen molar-refractivity contribution in [2.24, 2.45) is 0 Å². The molecule has 3 rings (SSSR count). The first-order chi connectivity index (χ1) is 10.7. The lowest BCUT2D eigenvalue weighted by molar-refractivity contribution is 0.103. The maximum Gasteiger partial charge on any atom is 0.193 e. The van der Waals surface area contributed by atoms with Crippen LogP contribution in [0.1, 0.15) is 15.9 Å². The third-order valence-electron chi connectivity index (χ3n) is 2.90. The summed E-state index contributed by atoms with van der Waals surface area (Å²) < 4.78 is 0. The lowest BCUT2D eigenvalue weighted by Gasteiger charge is -1.99. The highest BCUT2D eigenvalue weighted by molar-refractivity contribution is 6.08. The van der Waals surface area contributed by atoms with Crippen LogP contribution in [0.5, 0.6) is 11.5 Å². The lowest BCUT2D eigenvalue weighted by atomic mass is 10.0. The molecule has 3 aromatic carbocycles. The van der Waals surface area contributed by atoms with E-state index in [2.05, 4.69) is 0 Å². The predicted molar refractivity (Wildman–Crippen MR) is 86.1 cm³/mol. The van der Waals surface area contributed by atoms with Crippen molar-refractivity contribution in [1.29, 1.82) is 0 Å². The quantitative estimate of drug-likeness (QED) is 0.701. The molecular weight excluding hydrogens is 276 g/mol. The Morgan fingerprint density at radius 1 is 0.591 bits per heavy atom. The van der Waals surface area contributed by atoms with E-state index in [9.17, 15) is 4.79 Å². The summed E-state index contributed by atoms with van der Waals surface area (Å²) in [4.78, 5) is 11.8. The molecule has 0 amide bonds. The normalized spacial score (nSPS) is 9.45. The Hall–Kier alpha value is -3.07. The van der Waals surface area contributed by atoms with E-state index in [-0.39, 0.29) is 17.3 Å². The first-order valence-corrected chi connectivity index (χ1v) is 6.79. The largest absolute Gasteiger partial charge is 0.508 e. The number of carbonyl (C=O) groups excluding carboxylic acids is 1. The zero-order chi connectivity index (χ0) is 15.8. The molecule has 3 heteroatoms. The van der Waals surface area contributed by atoms with E-state index < -0.39 is 0 Å². The zero-order valence-electron chi connectivity index (χ0n) is 11.9. The molecule has 3 aromatic rings. The van der Waals surface area contributed by atoms with E-state index in [0.717, 1.165) is 11.1 Å². The second kappa shape index (κ2) is 7.64. The first kappa shape index (κ1) is 15.3. The van der Waals surface area contributed by atoms with Crippen molar-refractivity contribution in [3.8, 4) is 11.5 Å². The SMILES string of the molecule is O=C(c1ccccc1)c1ccccc1.Oc1cccc(O)c1. The summed E-state index contributed by atoms with van der Waals surface area (Å²) in [7, 11) is 0. The van der Waals surface area contributed by atoms with Crippen molar-refractivity contribution in [3.63, 3.8) is 0 Å². The van der Waals surface area contributed by atoms with Gasteiger partial charge in [-0.05, 0) is 12.1 Å². The van der Waals surface area contributed by atoms with Gasteiger partial charge in [-0.3, -0.25) is 4.79 Å². The third kappa shape index (κ3) is 4.49. The number of phenols is 2. The number of aromatic hydroxyl groups is 2. The molecule has 0 aliphatic heterocycles. The minimum absolute atomic E-state index is 0.0752. The molecule has 3 nitrogen and oxygen atoms in total. The monoisotopic (exact) mass is 292 g/mol. The van der Waals surface area contributed by atoms with Gasteiger partial charge < -0.3 is 10.2 Å². The maximum absolute atomic E-state index is 11.8. The van der Waals surface area contributed by atoms with E-state index in [1.165, 1.54) is 18.2 Å². The van der Waals surface area contributed by atoms with Crippen LogP contribution in [0.15, 0.2) is 84.9 Å². The van der Waals surface area contributed by atoms with Gasteiger partial charge in [-0.25, -0.2) is 0 Å². The molecule has 0 heterocycles. The topological polar surface area (TPSA) is 57.5 Å². The van der Waals surface area contributed by atoms with Crippen molar-refractivity contribution < 1.29 is 15.0 Å². The van der Waals surface area contributed by atoms with Gasteiger partial charge in [0.2, 0.25) is 0 Å². The van der Waals surface area contributed by atoms with Crippen LogP contribution in [0.25, 0.3) is 0 Å². The Morgan fingerprint density at radius 2 is 1.00 bits per heavy atom. The molecular formula is C19H16O3. The molecule has 0 atom stereocenters. The van der Waals surface area contributed by atoms with Gasteiger partial charge in [0.1, 0.15) is 11.5 Å². The number of carbonyl (C=O) groups is 1. The van der Waals surface area contributed by atoms with Crippen LogP contribution in [-0.4, -0.2) is 16.0 Å². The average molecular weight is 292 g/mol. The summed E-state index contributed by atoms with van der Waals surface area (Å²) in [6, 6.07) is 24.5. The van der Waals surface area contributed by atoms with Crippen molar-refractivity contribution in [1.82, 2.24) is 0 Å². The highest BCUT2D eigenvalue weighted by Crippen LogP contribution is 2.14. The standard InChI is InChI=1S/C13H10O.C6H6O2/c14-13(11-7-3-1-4-8-11)12-9-5-2-6-10-12;7-5-2-1-3-6(8)4-5/h1-10H;1-4,7-8H. The molecule has 0 spiro atoms. The molecule has 0 saturated carbocycles. The summed E-state index contributed by atoms with van der Waals surface area (Å²) in [5, 5.41) is 17.3. The fraction of sp³-hybridized carbons (Fsp3) is 0. The highest BCUT2D eigenvalue weighted by Gasteiger charge is 2.06. The molecule has 110 valence electrons. The smallest absolute Gasteiger partial charge is 0.193 e. The Balaban J connectivity index is 0.000000188. The zero-order valence-corrected chi connectivity index (χ0v) is 11.9. The number of ketones is 1. The van der Waals surface area contributed by atoms with Gasteiger partial charge in [-0.2, -0.15) is 0 Å². The van der Waals surface area contributed by atoms with Gasteiger partial charge in [-0.1, -0.05) is 66.7 Å². The van der Waals surface area contributed by atoms with E-state index in [1.54, 1.807) is 6.07 Å². The van der Waals surface area contributed by atoms with Crippen molar-refractivity contribution in [2.45, 2.75) is 0 Å². The van der Waals surface area contributed by atoms with Gasteiger partial charge in [0.05, 0.1) is 0 Å². The summed E-state index contributed by atoms with van der Waals surface area (Å²) in [6.07, 6.45) is 0. The fourth-order valence-electron chi connectivity index (χ4n) is 1.84. The summed E-state index contributed by atoms with van der Waals surface area (Å²) in [6.45, 7) is 0. The average Bonchev–Trinajstić information content (AvgIpc) is 2.56. The van der Waals surface area contributed by atoms with Crippen LogP contribution in [0.3, 0.4) is 0 Å². The third-order valence-corrected chi connectivity index (χ3v) is 2.90. The molecule has 0 aromatic heterocycles. The highest BCUT2D eigenvalue weighted by atomic mass is 16.3. The predicted octanol–water partition coefficient (Wildman–Crippen LogP) is 4.02. The van der Waals surface area contributed by atoms with E-state index in [1.807, 2.05) is 60.7 Å². The van der Waals surface area contributed by atoms with Gasteiger partial charge in [0, 0.05) is 17.2 Å². The minimum Gasteiger partial charge on any atom is -0.508 e. The van der Waals surface area contributed by atoms with Gasteiger partial charge in [0.25, 0.3) is 0 Å². The molecule has 0 radical (unpaired) electrons. The van der Waals surface area contributed by atoms with Crippen molar-refractivity contribution in [2.75, 3.05) is 0 Å². The van der Waals surface area contributed by atoms with Gasteiger partial charge in [0.15, 0.2) is 5.78 Å². The molecule has 0 bridgehead atoms. The molecule has 0 fully saturated rings. The Kier molecular flexibility index (Phi) is 5.32. The summed E-state index contributed by atoms with van der Waals surface area (Å²) in [5.74, 6) is 0.251. The van der Waals surface area contributed by atoms with Crippen molar-refractivity contribution >= 4 is 5.78 Å². The number of phenolic OH excluding ortho intramolecular Hbond substituents is 2. The molecule has 0 aliphatic rings. The number of hydrogen-bond donors (Lipinski definition) is 2. The molecule has 0 saturated heterocycles. The van der Waals surface area contributed by atoms with Crippen LogP contribution in [0.4, 0.5) is 0 Å². The van der Waals surface area contributed by atoms with Gasteiger partial charge in [-0.15, -0.1) is 0 Å². The van der Waals surface area contributed by atoms with Crippen LogP contribution >= 0.6 is 0 Å². The van der Waals surface area contributed by atoms with Crippen LogP contribution in [-0.2, 0) is 0 Å². The minimum atomic E-state index is 0.0752. The fourth-order valence-corrected chi connectivity index (χ4v) is 1.84. The number of hydrogen-bond acceptors (Lipinski definition) is 3. The van der Waals surface area contributed by atoms with Crippen molar-refractivity contribution in [3.05, 3.63) is 96.1 Å². The second-order valence-corrected chi connectivity index (χ2v) is 4.58. The Morgan fingerprint density at radius 3 is 1.32 bits per heavy atom. The van der Waals surface area contributed by atoms with Crippen LogP contribution in [0.2, 0.25) is 0 Å². The molecule has 22 heavy (non-hydrogen) atoms. The van der Waals surface area contributed by atoms with E-state index in [0.29, 0.717) is 0 Å². The van der Waals surface area contributed by atoms with E-state index in [4.69, 9.17) is 10.2 Å². The summed E-state index contributed by atoms with van der Waals surface area (Å²) >= 11 is 0. The van der Waals surface area contributed by atoms with Gasteiger partial charge >= 0.3 is 0 Å².